The maximum Gasteiger partial charge on any atom is 0.460 e. The van der Waals surface area contributed by atoms with Crippen molar-refractivity contribution in [2.24, 2.45) is 5.92 Å². The predicted octanol–water partition coefficient (Wildman–Crippen LogP) is 6.48. The average Bonchev–Trinajstić information content (AvgIpc) is 2.36. The monoisotopic (exact) mass is 458 g/mol. The maximum absolute atomic E-state index is 13.7. The summed E-state index contributed by atoms with van der Waals surface area (Å²) in [5, 5.41) is 0. The molecule has 0 saturated carbocycles. The molecule has 1 unspecified atom stereocenters. The summed E-state index contributed by atoms with van der Waals surface area (Å²) in [6, 6.07) is 0. The lowest BCUT2D eigenvalue weighted by Crippen LogP contribution is -2.63. The molecule has 0 aliphatic carbocycles. The van der Waals surface area contributed by atoms with Crippen LogP contribution in [0.15, 0.2) is 0 Å². The minimum Gasteiger partial charge on any atom is -0.199 e. The maximum atomic E-state index is 13.7. The number of alkyl halides is 10. The largest absolute Gasteiger partial charge is 0.460 e. The van der Waals surface area contributed by atoms with E-state index in [2.05, 4.69) is 0 Å². The molecule has 0 heterocycles. The Balaban J connectivity index is 5.29. The van der Waals surface area contributed by atoms with Gasteiger partial charge in [0.15, 0.2) is 0 Å². The van der Waals surface area contributed by atoms with Gasteiger partial charge in [-0.3, -0.25) is 0 Å². The highest BCUT2D eigenvalue weighted by Crippen LogP contribution is 2.56. The van der Waals surface area contributed by atoms with E-state index in [-0.39, 0.29) is 6.42 Å². The summed E-state index contributed by atoms with van der Waals surface area (Å²) in [4.78, 5) is 0. The molecule has 0 aromatic rings. The quantitative estimate of drug-likeness (QED) is 0.161. The fraction of sp³-hybridized carbons (Fsp3) is 1.00. The molecule has 22 heavy (non-hydrogen) atoms. The molecule has 0 saturated heterocycles. The van der Waals surface area contributed by atoms with Crippen LogP contribution in [0, 0.1) is 5.92 Å². The smallest absolute Gasteiger partial charge is 0.199 e. The molecule has 0 fully saturated rings. The molecular weight excluding hydrogens is 442 g/mol. The van der Waals surface area contributed by atoms with Gasteiger partial charge in [0, 0.05) is 10.3 Å². The summed E-state index contributed by atoms with van der Waals surface area (Å²) in [5.74, 6) is -21.0. The molecule has 1 atom stereocenters. The van der Waals surface area contributed by atoms with Crippen molar-refractivity contribution in [1.82, 2.24) is 0 Å². The Morgan fingerprint density at radius 2 is 1.27 bits per heavy atom. The molecule has 0 aromatic carbocycles. The Morgan fingerprint density at radius 3 is 1.64 bits per heavy atom. The van der Waals surface area contributed by atoms with E-state index in [4.69, 9.17) is 0 Å². The first-order chi connectivity index (χ1) is 9.77. The Labute approximate surface area is 136 Å². The molecule has 0 amide bonds. The summed E-state index contributed by atoms with van der Waals surface area (Å²) in [6.07, 6.45) is -5.45. The van der Waals surface area contributed by atoms with Gasteiger partial charge in [-0.2, -0.15) is 39.5 Å². The minimum atomic E-state index is -6.79. The van der Waals surface area contributed by atoms with Crippen LogP contribution in [-0.4, -0.2) is 28.4 Å². The van der Waals surface area contributed by atoms with Gasteiger partial charge in [0.05, 0.1) is 0 Å². The van der Waals surface area contributed by atoms with Crippen LogP contribution in [0.3, 0.4) is 0 Å². The lowest BCUT2D eigenvalue weighted by molar-refractivity contribution is -0.402. The highest BCUT2D eigenvalue weighted by atomic mass is 127. The van der Waals surface area contributed by atoms with Crippen LogP contribution in [0.2, 0.25) is 0 Å². The zero-order valence-electron chi connectivity index (χ0n) is 11.6. The number of unbranched alkanes of at least 4 members (excludes halogenated alkanes) is 3. The van der Waals surface area contributed by atoms with E-state index >= 15 is 0 Å². The Hall–Kier alpha value is 0.1000. The van der Waals surface area contributed by atoms with E-state index < -0.39 is 40.7 Å². The van der Waals surface area contributed by atoms with Crippen molar-refractivity contribution in [1.29, 1.82) is 0 Å². The van der Waals surface area contributed by atoms with Crippen LogP contribution < -0.4 is 0 Å². The second kappa shape index (κ2) is 7.78. The summed E-state index contributed by atoms with van der Waals surface area (Å²) < 4.78 is 115. The van der Waals surface area contributed by atoms with E-state index in [0.29, 0.717) is 12.8 Å². The van der Waals surface area contributed by atoms with Crippen molar-refractivity contribution in [2.45, 2.75) is 63.0 Å². The molecular formula is C12H16F9I. The van der Waals surface area contributed by atoms with Crippen molar-refractivity contribution < 1.29 is 39.5 Å². The Kier molecular flexibility index (Phi) is 7.82. The Bertz CT molecular complexity index is 338. The lowest BCUT2D eigenvalue weighted by Gasteiger charge is -2.37. The molecule has 0 N–H and O–H groups in total. The molecule has 0 bridgehead atoms. The van der Waals surface area contributed by atoms with Crippen LogP contribution in [0.4, 0.5) is 39.5 Å². The topological polar surface area (TPSA) is 0 Å². The van der Waals surface area contributed by atoms with E-state index in [1.165, 1.54) is 22.6 Å². The standard InChI is InChI=1S/C12H16F9I/c1-2-3-4-5-6-8(7-22)9(13,14)10(15,16)11(17,18)12(19,20)21/h8H,2-7H2,1H3. The zero-order chi connectivity index (χ0) is 17.8. The molecule has 134 valence electrons. The van der Waals surface area contributed by atoms with Gasteiger partial charge in [-0.1, -0.05) is 55.2 Å². The molecule has 0 aliphatic heterocycles. The number of rotatable bonds is 9. The molecule has 10 heteroatoms. The first-order valence-corrected chi connectivity index (χ1v) is 8.06. The van der Waals surface area contributed by atoms with Gasteiger partial charge in [-0.05, 0) is 6.42 Å². The van der Waals surface area contributed by atoms with Crippen molar-refractivity contribution in [3.8, 4) is 0 Å². The van der Waals surface area contributed by atoms with E-state index in [1.54, 1.807) is 0 Å². The van der Waals surface area contributed by atoms with E-state index in [0.717, 1.165) is 6.42 Å². The van der Waals surface area contributed by atoms with Crippen LogP contribution in [-0.2, 0) is 0 Å². The molecule has 0 nitrogen and oxygen atoms in total. The van der Waals surface area contributed by atoms with Crippen LogP contribution in [0.5, 0.6) is 0 Å². The summed E-state index contributed by atoms with van der Waals surface area (Å²) >= 11 is 1.29. The fourth-order valence-corrected chi connectivity index (χ4v) is 2.81. The first kappa shape index (κ1) is 22.1. The van der Waals surface area contributed by atoms with Crippen molar-refractivity contribution in [2.75, 3.05) is 4.43 Å². The Morgan fingerprint density at radius 1 is 0.773 bits per heavy atom. The van der Waals surface area contributed by atoms with Crippen molar-refractivity contribution in [3.05, 3.63) is 0 Å². The first-order valence-electron chi connectivity index (χ1n) is 6.53. The molecule has 0 aliphatic rings. The molecule has 0 radical (unpaired) electrons. The van der Waals surface area contributed by atoms with Gasteiger partial charge in [-0.25, -0.2) is 0 Å². The van der Waals surface area contributed by atoms with Crippen LogP contribution in [0.1, 0.15) is 39.0 Å². The van der Waals surface area contributed by atoms with E-state index in [9.17, 15) is 39.5 Å². The predicted molar refractivity (Wildman–Crippen MR) is 72.0 cm³/mol. The van der Waals surface area contributed by atoms with Gasteiger partial charge in [-0.15, -0.1) is 0 Å². The van der Waals surface area contributed by atoms with Gasteiger partial charge in [0.1, 0.15) is 0 Å². The van der Waals surface area contributed by atoms with Crippen LogP contribution >= 0.6 is 22.6 Å². The van der Waals surface area contributed by atoms with Gasteiger partial charge in [0.25, 0.3) is 0 Å². The molecule has 0 spiro atoms. The minimum absolute atomic E-state index is 0.0603. The second-order valence-corrected chi connectivity index (χ2v) is 5.85. The third-order valence-electron chi connectivity index (χ3n) is 3.27. The zero-order valence-corrected chi connectivity index (χ0v) is 13.8. The molecule has 0 rings (SSSR count). The SMILES string of the molecule is CCCCCCC(CI)C(F)(F)C(F)(F)C(F)(F)C(F)(F)F. The summed E-state index contributed by atoms with van der Waals surface area (Å²) in [7, 11) is 0. The highest BCUT2D eigenvalue weighted by Gasteiger charge is 2.82. The van der Waals surface area contributed by atoms with Crippen LogP contribution in [0.25, 0.3) is 0 Å². The highest BCUT2D eigenvalue weighted by molar-refractivity contribution is 14.1. The molecule has 0 aromatic heterocycles. The fourth-order valence-electron chi connectivity index (χ4n) is 1.82. The van der Waals surface area contributed by atoms with E-state index in [1.807, 2.05) is 6.92 Å². The third kappa shape index (κ3) is 4.34. The normalized spacial score (nSPS) is 16.0. The van der Waals surface area contributed by atoms with Gasteiger partial charge >= 0.3 is 23.9 Å². The number of hydrogen-bond acceptors (Lipinski definition) is 0. The number of halogens is 10. The third-order valence-corrected chi connectivity index (χ3v) is 4.34. The second-order valence-electron chi connectivity index (χ2n) is 4.97. The average molecular weight is 458 g/mol. The number of hydrogen-bond donors (Lipinski definition) is 0. The van der Waals surface area contributed by atoms with Gasteiger partial charge in [0.2, 0.25) is 0 Å². The van der Waals surface area contributed by atoms with Crippen molar-refractivity contribution >= 4 is 22.6 Å². The summed E-state index contributed by atoms with van der Waals surface area (Å²) in [6.45, 7) is 1.81. The summed E-state index contributed by atoms with van der Waals surface area (Å²) in [5.41, 5.74) is 0. The van der Waals surface area contributed by atoms with Crippen molar-refractivity contribution in [3.63, 3.8) is 0 Å². The lowest BCUT2D eigenvalue weighted by atomic mass is 9.89. The van der Waals surface area contributed by atoms with Gasteiger partial charge < -0.3 is 0 Å².